The zero-order valence-corrected chi connectivity index (χ0v) is 8.80. The minimum atomic E-state index is -3.15. The molecular weight excluding hydrogens is 202 g/mol. The second-order valence-corrected chi connectivity index (χ2v) is 6.84. The predicted molar refractivity (Wildman–Crippen MR) is 51.2 cm³/mol. The van der Waals surface area contributed by atoms with E-state index in [1.165, 1.54) is 20.4 Å². The van der Waals surface area contributed by atoms with E-state index in [-0.39, 0.29) is 7.43 Å². The van der Waals surface area contributed by atoms with Crippen molar-refractivity contribution >= 4 is 15.0 Å². The van der Waals surface area contributed by atoms with Crippen molar-refractivity contribution in [2.75, 3.05) is 27.1 Å². The van der Waals surface area contributed by atoms with E-state index < -0.39 is 15.0 Å². The van der Waals surface area contributed by atoms with Gasteiger partial charge in [0.05, 0.1) is 0 Å². The van der Waals surface area contributed by atoms with Crippen LogP contribution in [0, 0.1) is 0 Å². The molecule has 0 aliphatic rings. The SMILES string of the molecule is C.COP(C)(=O)O.CP(C)(=O)O. The van der Waals surface area contributed by atoms with Crippen LogP contribution in [0.4, 0.5) is 0 Å². The van der Waals surface area contributed by atoms with Gasteiger partial charge in [-0.25, -0.2) is 0 Å². The average Bonchev–Trinajstić information content (AvgIpc) is 1.59. The summed E-state index contributed by atoms with van der Waals surface area (Å²) >= 11 is 0. The monoisotopic (exact) mass is 220 g/mol. The molecule has 2 N–H and O–H groups in total. The average molecular weight is 220 g/mol. The highest BCUT2D eigenvalue weighted by Crippen LogP contribution is 2.34. The molecule has 0 rings (SSSR count). The van der Waals surface area contributed by atoms with Crippen LogP contribution < -0.4 is 0 Å². The Morgan fingerprint density at radius 2 is 1.17 bits per heavy atom. The normalized spacial score (nSPS) is 14.8. The molecule has 0 saturated carbocycles. The first-order chi connectivity index (χ1) is 4.56. The molecule has 0 fully saturated rings. The maximum absolute atomic E-state index is 9.92. The van der Waals surface area contributed by atoms with Gasteiger partial charge in [0.2, 0.25) is 0 Å². The summed E-state index contributed by atoms with van der Waals surface area (Å²) in [5.41, 5.74) is 0. The van der Waals surface area contributed by atoms with E-state index in [0.29, 0.717) is 0 Å². The van der Waals surface area contributed by atoms with Gasteiger partial charge < -0.3 is 14.3 Å². The van der Waals surface area contributed by atoms with E-state index in [1.807, 2.05) is 0 Å². The lowest BCUT2D eigenvalue weighted by molar-refractivity contribution is 0.322. The Labute approximate surface area is 73.8 Å². The molecule has 7 heteroatoms. The summed E-state index contributed by atoms with van der Waals surface area (Å²) in [7, 11) is -4.59. The van der Waals surface area contributed by atoms with E-state index in [4.69, 9.17) is 9.79 Å². The first kappa shape index (κ1) is 18.2. The molecule has 0 amide bonds. The van der Waals surface area contributed by atoms with Gasteiger partial charge in [-0.15, -0.1) is 0 Å². The first-order valence-electron chi connectivity index (χ1n) is 2.70. The standard InChI is InChI=1S/C2H7O3P.C2H7O2P.CH4/c1-5-6(2,3)4;1-5(2,3)4;/h1-2H3,(H,3,4);1-2H3,(H,3,4);1H4. The Morgan fingerprint density at radius 1 is 1.08 bits per heavy atom. The summed E-state index contributed by atoms with van der Waals surface area (Å²) < 4.78 is 23.7. The topological polar surface area (TPSA) is 83.8 Å². The lowest BCUT2D eigenvalue weighted by atomic mass is 11.8. The van der Waals surface area contributed by atoms with Crippen LogP contribution in [-0.4, -0.2) is 36.9 Å². The first-order valence-corrected chi connectivity index (χ1v) is 7.28. The number of hydrogen-bond donors (Lipinski definition) is 2. The van der Waals surface area contributed by atoms with Gasteiger partial charge in [-0.1, -0.05) is 7.43 Å². The molecule has 0 aromatic rings. The van der Waals surface area contributed by atoms with Crippen molar-refractivity contribution in [2.24, 2.45) is 0 Å². The molecule has 0 saturated heterocycles. The van der Waals surface area contributed by atoms with Crippen LogP contribution in [-0.2, 0) is 13.7 Å². The highest BCUT2D eigenvalue weighted by Gasteiger charge is 2.02. The summed E-state index contributed by atoms with van der Waals surface area (Å²) in [6, 6.07) is 0. The van der Waals surface area contributed by atoms with E-state index in [2.05, 4.69) is 4.52 Å². The number of rotatable bonds is 1. The van der Waals surface area contributed by atoms with Crippen LogP contribution in [0.25, 0.3) is 0 Å². The van der Waals surface area contributed by atoms with E-state index in [1.54, 1.807) is 0 Å². The predicted octanol–water partition coefficient (Wildman–Crippen LogP) is 1.60. The molecule has 0 bridgehead atoms. The molecule has 1 unspecified atom stereocenters. The zero-order chi connectivity index (χ0) is 9.71. The van der Waals surface area contributed by atoms with Crippen molar-refractivity contribution in [3.05, 3.63) is 0 Å². The third kappa shape index (κ3) is 80.9. The molecule has 0 aliphatic heterocycles. The molecular formula is C5H18O5P2. The number of hydrogen-bond acceptors (Lipinski definition) is 3. The molecule has 78 valence electrons. The van der Waals surface area contributed by atoms with Gasteiger partial charge in [-0.05, 0) is 0 Å². The summed E-state index contributed by atoms with van der Waals surface area (Å²) in [5, 5.41) is 0. The summed E-state index contributed by atoms with van der Waals surface area (Å²) in [4.78, 5) is 16.2. The fourth-order valence-electron chi connectivity index (χ4n) is 0. The molecule has 0 radical (unpaired) electrons. The Bertz CT molecular complexity index is 170. The van der Waals surface area contributed by atoms with Crippen LogP contribution in [0.15, 0.2) is 0 Å². The Kier molecular flexibility index (Phi) is 10.3. The minimum Gasteiger partial charge on any atom is -0.345 e. The molecule has 1 atom stereocenters. The Hall–Kier alpha value is 0.340. The van der Waals surface area contributed by atoms with Crippen molar-refractivity contribution in [1.82, 2.24) is 0 Å². The van der Waals surface area contributed by atoms with Gasteiger partial charge in [0.15, 0.2) is 7.37 Å². The van der Waals surface area contributed by atoms with E-state index in [9.17, 15) is 9.13 Å². The molecule has 12 heavy (non-hydrogen) atoms. The van der Waals surface area contributed by atoms with Gasteiger partial charge in [-0.3, -0.25) is 9.13 Å². The fraction of sp³-hybridized carbons (Fsp3) is 1.00. The lowest BCUT2D eigenvalue weighted by Crippen LogP contribution is -1.75. The quantitative estimate of drug-likeness (QED) is 0.655. The van der Waals surface area contributed by atoms with Gasteiger partial charge >= 0.3 is 7.60 Å². The van der Waals surface area contributed by atoms with Gasteiger partial charge in [0.25, 0.3) is 0 Å². The smallest absolute Gasteiger partial charge is 0.324 e. The maximum atomic E-state index is 9.92. The molecule has 0 heterocycles. The summed E-state index contributed by atoms with van der Waals surface area (Å²) in [5.74, 6) is 0. The highest BCUT2D eigenvalue weighted by molar-refractivity contribution is 7.56. The lowest BCUT2D eigenvalue weighted by Gasteiger charge is -1.96. The van der Waals surface area contributed by atoms with Crippen LogP contribution >= 0.6 is 15.0 Å². The molecule has 0 aliphatic carbocycles. The second kappa shape index (κ2) is 6.81. The zero-order valence-electron chi connectivity index (χ0n) is 7.01. The van der Waals surface area contributed by atoms with Crippen LogP contribution in [0.3, 0.4) is 0 Å². The third-order valence-corrected chi connectivity index (χ3v) is 1.02. The fourth-order valence-corrected chi connectivity index (χ4v) is 0. The molecule has 0 aromatic heterocycles. The van der Waals surface area contributed by atoms with Crippen molar-refractivity contribution in [2.45, 2.75) is 7.43 Å². The van der Waals surface area contributed by atoms with Gasteiger partial charge in [-0.2, -0.15) is 0 Å². The van der Waals surface area contributed by atoms with Crippen LogP contribution in [0.5, 0.6) is 0 Å². The Balaban J connectivity index is -0.000000126. The van der Waals surface area contributed by atoms with E-state index in [0.717, 1.165) is 6.66 Å². The van der Waals surface area contributed by atoms with Crippen molar-refractivity contribution in [1.29, 1.82) is 0 Å². The van der Waals surface area contributed by atoms with Crippen molar-refractivity contribution < 1.29 is 23.4 Å². The van der Waals surface area contributed by atoms with E-state index >= 15 is 0 Å². The third-order valence-electron chi connectivity index (χ3n) is 0.339. The van der Waals surface area contributed by atoms with Gasteiger partial charge in [0, 0.05) is 27.1 Å². The van der Waals surface area contributed by atoms with Gasteiger partial charge in [0.1, 0.15) is 0 Å². The molecule has 5 nitrogen and oxygen atoms in total. The van der Waals surface area contributed by atoms with Crippen molar-refractivity contribution in [3.63, 3.8) is 0 Å². The maximum Gasteiger partial charge on any atom is 0.324 e. The summed E-state index contributed by atoms with van der Waals surface area (Å²) in [6.45, 7) is 3.73. The van der Waals surface area contributed by atoms with Crippen LogP contribution in [0.1, 0.15) is 7.43 Å². The Morgan fingerprint density at radius 3 is 1.17 bits per heavy atom. The second-order valence-electron chi connectivity index (χ2n) is 2.28. The minimum absolute atomic E-state index is 0. The largest absolute Gasteiger partial charge is 0.345 e. The molecule has 0 aromatic carbocycles. The molecule has 0 spiro atoms. The summed E-state index contributed by atoms with van der Waals surface area (Å²) in [6.07, 6.45) is 0. The van der Waals surface area contributed by atoms with Crippen LogP contribution in [0.2, 0.25) is 0 Å². The van der Waals surface area contributed by atoms with Crippen molar-refractivity contribution in [3.8, 4) is 0 Å². The highest BCUT2D eigenvalue weighted by atomic mass is 31.2.